The monoisotopic (exact) mass is 249 g/mol. The Labute approximate surface area is 98.6 Å². The van der Waals surface area contributed by atoms with Crippen LogP contribution in [0.2, 0.25) is 0 Å². The number of rotatable bonds is 4. The number of sulfone groups is 1. The fourth-order valence-corrected chi connectivity index (χ4v) is 1.41. The van der Waals surface area contributed by atoms with Gasteiger partial charge in [0.15, 0.2) is 5.96 Å². The third-order valence-corrected chi connectivity index (χ3v) is 2.49. The summed E-state index contributed by atoms with van der Waals surface area (Å²) < 4.78 is 21.9. The molecule has 2 N–H and O–H groups in total. The Morgan fingerprint density at radius 1 is 1.31 bits per heavy atom. The van der Waals surface area contributed by atoms with E-state index in [0.29, 0.717) is 5.96 Å². The molecule has 0 amide bonds. The third kappa shape index (κ3) is 9.76. The van der Waals surface area contributed by atoms with Crippen LogP contribution in [0.15, 0.2) is 4.99 Å². The Morgan fingerprint density at radius 2 is 1.88 bits per heavy atom. The first kappa shape index (κ1) is 15.2. The number of guanidine groups is 1. The van der Waals surface area contributed by atoms with Gasteiger partial charge in [-0.25, -0.2) is 8.42 Å². The van der Waals surface area contributed by atoms with E-state index in [1.165, 1.54) is 6.26 Å². The molecule has 0 saturated carbocycles. The zero-order valence-corrected chi connectivity index (χ0v) is 11.6. The average molecular weight is 249 g/mol. The third-order valence-electron chi connectivity index (χ3n) is 1.57. The molecule has 0 heterocycles. The van der Waals surface area contributed by atoms with Crippen molar-refractivity contribution in [2.45, 2.75) is 33.2 Å². The molecule has 0 spiro atoms. The van der Waals surface area contributed by atoms with Crippen molar-refractivity contribution in [2.24, 2.45) is 4.99 Å². The van der Waals surface area contributed by atoms with Crippen LogP contribution in [0.1, 0.15) is 27.7 Å². The number of nitrogens with zero attached hydrogens (tertiary/aromatic N) is 1. The zero-order chi connectivity index (χ0) is 12.8. The zero-order valence-electron chi connectivity index (χ0n) is 10.8. The minimum absolute atomic E-state index is 0.0771. The van der Waals surface area contributed by atoms with Crippen molar-refractivity contribution in [3.05, 3.63) is 0 Å². The highest BCUT2D eigenvalue weighted by atomic mass is 32.2. The first-order valence-electron chi connectivity index (χ1n) is 5.38. The van der Waals surface area contributed by atoms with Crippen LogP contribution >= 0.6 is 0 Å². The molecular weight excluding hydrogens is 226 g/mol. The standard InChI is InChI=1S/C10H23N3O2S/c1-6-11-9(13-10(2,3)4)12-7-8-16(5,14)15/h6-8H2,1-5H3,(H2,11,12,13). The molecule has 0 saturated heterocycles. The summed E-state index contributed by atoms with van der Waals surface area (Å²) >= 11 is 0. The molecular formula is C10H23N3O2S. The van der Waals surface area contributed by atoms with Crippen molar-refractivity contribution in [1.82, 2.24) is 10.6 Å². The van der Waals surface area contributed by atoms with E-state index in [0.717, 1.165) is 6.54 Å². The molecule has 0 aliphatic rings. The van der Waals surface area contributed by atoms with Gasteiger partial charge in [0.25, 0.3) is 0 Å². The Hall–Kier alpha value is -0.780. The smallest absolute Gasteiger partial charge is 0.191 e. The lowest BCUT2D eigenvalue weighted by Crippen LogP contribution is -2.47. The summed E-state index contributed by atoms with van der Waals surface area (Å²) in [6.45, 7) is 9.07. The summed E-state index contributed by atoms with van der Waals surface area (Å²) in [5.41, 5.74) is -0.0912. The van der Waals surface area contributed by atoms with E-state index in [1.807, 2.05) is 27.7 Å². The van der Waals surface area contributed by atoms with Crippen molar-refractivity contribution in [1.29, 1.82) is 0 Å². The summed E-state index contributed by atoms with van der Waals surface area (Å²) in [5, 5.41) is 6.26. The van der Waals surface area contributed by atoms with Crippen molar-refractivity contribution < 1.29 is 8.42 Å². The van der Waals surface area contributed by atoms with Crippen LogP contribution in [0.25, 0.3) is 0 Å². The highest BCUT2D eigenvalue weighted by Crippen LogP contribution is 1.97. The lowest BCUT2D eigenvalue weighted by atomic mass is 10.1. The van der Waals surface area contributed by atoms with Crippen LogP contribution in [0, 0.1) is 0 Å². The van der Waals surface area contributed by atoms with E-state index < -0.39 is 9.84 Å². The molecule has 5 nitrogen and oxygen atoms in total. The van der Waals surface area contributed by atoms with Gasteiger partial charge in [-0.05, 0) is 27.7 Å². The van der Waals surface area contributed by atoms with E-state index in [9.17, 15) is 8.42 Å². The fraction of sp³-hybridized carbons (Fsp3) is 0.900. The second kappa shape index (κ2) is 6.08. The van der Waals surface area contributed by atoms with Crippen molar-refractivity contribution in [3.63, 3.8) is 0 Å². The van der Waals surface area contributed by atoms with Crippen LogP contribution in [0.4, 0.5) is 0 Å². The quantitative estimate of drug-likeness (QED) is 0.558. The molecule has 0 unspecified atom stereocenters. The van der Waals surface area contributed by atoms with Gasteiger partial charge in [0.05, 0.1) is 12.3 Å². The van der Waals surface area contributed by atoms with Gasteiger partial charge in [-0.1, -0.05) is 0 Å². The Kier molecular flexibility index (Phi) is 5.78. The summed E-state index contributed by atoms with van der Waals surface area (Å²) in [6.07, 6.45) is 1.21. The predicted molar refractivity (Wildman–Crippen MR) is 68.6 cm³/mol. The van der Waals surface area contributed by atoms with Crippen molar-refractivity contribution >= 4 is 15.8 Å². The molecule has 0 atom stereocenters. The molecule has 0 rings (SSSR count). The Morgan fingerprint density at radius 3 is 2.25 bits per heavy atom. The van der Waals surface area contributed by atoms with Gasteiger partial charge in [0, 0.05) is 18.3 Å². The van der Waals surface area contributed by atoms with Gasteiger partial charge in [-0.3, -0.25) is 4.99 Å². The summed E-state index contributed by atoms with van der Waals surface area (Å²) in [4.78, 5) is 4.20. The molecule has 0 aromatic carbocycles. The van der Waals surface area contributed by atoms with E-state index in [1.54, 1.807) is 0 Å². The molecule has 0 radical (unpaired) electrons. The molecule has 0 aliphatic heterocycles. The first-order valence-corrected chi connectivity index (χ1v) is 7.44. The van der Waals surface area contributed by atoms with Gasteiger partial charge < -0.3 is 10.6 Å². The van der Waals surface area contributed by atoms with Crippen LogP contribution in [-0.4, -0.2) is 45.0 Å². The second-order valence-electron chi connectivity index (χ2n) is 4.77. The Bertz CT molecular complexity index is 328. The minimum atomic E-state index is -2.94. The lowest BCUT2D eigenvalue weighted by Gasteiger charge is -2.23. The van der Waals surface area contributed by atoms with Crippen molar-refractivity contribution in [2.75, 3.05) is 25.1 Å². The fourth-order valence-electron chi connectivity index (χ4n) is 0.986. The highest BCUT2D eigenvalue weighted by Gasteiger charge is 2.11. The maximum absolute atomic E-state index is 10.9. The van der Waals surface area contributed by atoms with E-state index in [4.69, 9.17) is 0 Å². The largest absolute Gasteiger partial charge is 0.357 e. The van der Waals surface area contributed by atoms with Crippen molar-refractivity contribution in [3.8, 4) is 0 Å². The molecule has 0 fully saturated rings. The maximum atomic E-state index is 10.9. The molecule has 0 aromatic heterocycles. The normalized spacial score (nSPS) is 13.7. The van der Waals surface area contributed by atoms with Gasteiger partial charge in [-0.15, -0.1) is 0 Å². The second-order valence-corrected chi connectivity index (χ2v) is 7.03. The predicted octanol–water partition coefficient (Wildman–Crippen LogP) is 0.385. The van der Waals surface area contributed by atoms with Gasteiger partial charge in [0.2, 0.25) is 0 Å². The number of hydrogen-bond donors (Lipinski definition) is 2. The summed E-state index contributed by atoms with van der Waals surface area (Å²) in [7, 11) is -2.94. The van der Waals surface area contributed by atoms with Crippen LogP contribution in [0.3, 0.4) is 0 Å². The number of hydrogen-bond acceptors (Lipinski definition) is 3. The highest BCUT2D eigenvalue weighted by molar-refractivity contribution is 7.90. The van der Waals surface area contributed by atoms with Crippen LogP contribution in [0.5, 0.6) is 0 Å². The molecule has 0 aliphatic carbocycles. The van der Waals surface area contributed by atoms with E-state index in [2.05, 4.69) is 15.6 Å². The van der Waals surface area contributed by atoms with Crippen LogP contribution < -0.4 is 10.6 Å². The molecule has 6 heteroatoms. The van der Waals surface area contributed by atoms with Crippen LogP contribution in [-0.2, 0) is 9.84 Å². The maximum Gasteiger partial charge on any atom is 0.191 e. The summed E-state index contributed by atoms with van der Waals surface area (Å²) in [6, 6.07) is 0. The van der Waals surface area contributed by atoms with Gasteiger partial charge in [-0.2, -0.15) is 0 Å². The van der Waals surface area contributed by atoms with Gasteiger partial charge >= 0.3 is 0 Å². The Balaban J connectivity index is 4.36. The SMILES string of the molecule is CCNC(=NCCS(C)(=O)=O)NC(C)(C)C. The van der Waals surface area contributed by atoms with E-state index in [-0.39, 0.29) is 17.8 Å². The lowest BCUT2D eigenvalue weighted by molar-refractivity contribution is 0.502. The summed E-state index contributed by atoms with van der Waals surface area (Å²) in [5.74, 6) is 0.729. The average Bonchev–Trinajstić information content (AvgIpc) is 1.98. The minimum Gasteiger partial charge on any atom is -0.357 e. The number of aliphatic imine (C=N–C) groups is 1. The molecule has 16 heavy (non-hydrogen) atoms. The molecule has 0 bridgehead atoms. The first-order chi connectivity index (χ1) is 7.14. The number of nitrogens with one attached hydrogen (secondary N) is 2. The van der Waals surface area contributed by atoms with Gasteiger partial charge in [0.1, 0.15) is 9.84 Å². The van der Waals surface area contributed by atoms with E-state index >= 15 is 0 Å². The topological polar surface area (TPSA) is 70.6 Å². The molecule has 0 aromatic rings. The molecule has 96 valence electrons.